The third kappa shape index (κ3) is 3.19. The van der Waals surface area contributed by atoms with E-state index in [0.29, 0.717) is 23.6 Å². The molecular formula is C18H24FNO4S. The van der Waals surface area contributed by atoms with Crippen LogP contribution in [-0.4, -0.2) is 31.7 Å². The van der Waals surface area contributed by atoms with Crippen molar-refractivity contribution in [3.05, 3.63) is 29.8 Å². The molecule has 3 rings (SSSR count). The normalized spacial score (nSPS) is 26.6. The summed E-state index contributed by atoms with van der Waals surface area (Å²) in [7, 11) is -2.97. The molecule has 1 aromatic rings. The minimum absolute atomic E-state index is 0.0216. The Labute approximate surface area is 148 Å². The van der Waals surface area contributed by atoms with Crippen molar-refractivity contribution in [2.24, 2.45) is 5.41 Å². The van der Waals surface area contributed by atoms with E-state index in [-0.39, 0.29) is 11.3 Å². The molecule has 1 aliphatic heterocycles. The van der Waals surface area contributed by atoms with Gasteiger partial charge in [-0.3, -0.25) is 4.79 Å². The van der Waals surface area contributed by atoms with Gasteiger partial charge in [0.15, 0.2) is 0 Å². The summed E-state index contributed by atoms with van der Waals surface area (Å²) in [6.45, 7) is 1.84. The van der Waals surface area contributed by atoms with E-state index in [4.69, 9.17) is 4.74 Å². The van der Waals surface area contributed by atoms with Gasteiger partial charge in [-0.05, 0) is 38.3 Å². The highest BCUT2D eigenvalue weighted by molar-refractivity contribution is 7.89. The number of carbonyl (C=O) groups is 1. The smallest absolute Gasteiger partial charge is 0.325 e. The summed E-state index contributed by atoms with van der Waals surface area (Å²) in [5.41, 5.74) is 0.266. The second kappa shape index (κ2) is 6.36. The fraction of sp³-hybridized carbons (Fsp3) is 0.611. The molecular weight excluding hydrogens is 345 g/mol. The van der Waals surface area contributed by atoms with Crippen LogP contribution in [0, 0.1) is 12.3 Å². The Morgan fingerprint density at radius 2 is 1.64 bits per heavy atom. The van der Waals surface area contributed by atoms with E-state index in [1.54, 1.807) is 12.1 Å². The van der Waals surface area contributed by atoms with Crippen LogP contribution in [0.3, 0.4) is 0 Å². The van der Waals surface area contributed by atoms with Gasteiger partial charge in [-0.15, -0.1) is 4.31 Å². The lowest BCUT2D eigenvalue weighted by molar-refractivity contribution is -0.245. The number of nitrogens with zero attached hydrogens (tertiary/aromatic N) is 1. The molecule has 1 unspecified atom stereocenters. The van der Waals surface area contributed by atoms with Gasteiger partial charge in [0.2, 0.25) is 10.0 Å². The Kier molecular flexibility index (Phi) is 4.66. The lowest BCUT2D eigenvalue weighted by Crippen LogP contribution is -2.56. The number of rotatable bonds is 3. The van der Waals surface area contributed by atoms with E-state index >= 15 is 4.39 Å². The first kappa shape index (κ1) is 18.3. The second-order valence-electron chi connectivity index (χ2n) is 7.21. The number of benzene rings is 1. The van der Waals surface area contributed by atoms with Crippen molar-refractivity contribution in [1.29, 1.82) is 0 Å². The largest absolute Gasteiger partial charge is 0.413 e. The monoisotopic (exact) mass is 369 g/mol. The maximum Gasteiger partial charge on any atom is 0.325 e. The maximum absolute atomic E-state index is 15.3. The summed E-state index contributed by atoms with van der Waals surface area (Å²) in [4.78, 5) is 12.5. The number of hydrogen-bond donors (Lipinski definition) is 0. The van der Waals surface area contributed by atoms with Crippen LogP contribution in [0.1, 0.15) is 50.5 Å². The van der Waals surface area contributed by atoms with Crippen molar-refractivity contribution in [2.75, 3.05) is 7.05 Å². The van der Waals surface area contributed by atoms with Crippen LogP contribution in [0.25, 0.3) is 0 Å². The number of ether oxygens (including phenoxy) is 1. The fourth-order valence-electron chi connectivity index (χ4n) is 3.75. The molecule has 0 aromatic heterocycles. The molecule has 0 N–H and O–H groups in total. The summed E-state index contributed by atoms with van der Waals surface area (Å²) < 4.78 is 46.4. The summed E-state index contributed by atoms with van der Waals surface area (Å²) in [6.07, 6.45) is 4.47. The molecule has 1 aliphatic carbocycles. The first-order valence-corrected chi connectivity index (χ1v) is 10.1. The number of halogens is 1. The van der Waals surface area contributed by atoms with E-state index in [9.17, 15) is 13.2 Å². The minimum Gasteiger partial charge on any atom is -0.413 e. The van der Waals surface area contributed by atoms with Crippen LogP contribution in [-0.2, 0) is 19.6 Å². The van der Waals surface area contributed by atoms with E-state index in [1.165, 1.54) is 12.1 Å². The van der Waals surface area contributed by atoms with Crippen molar-refractivity contribution >= 4 is 16.0 Å². The molecule has 1 aromatic carbocycles. The number of aryl methyl sites for hydroxylation is 1. The highest BCUT2D eigenvalue weighted by Crippen LogP contribution is 2.48. The fourth-order valence-corrected chi connectivity index (χ4v) is 5.03. The van der Waals surface area contributed by atoms with E-state index in [0.717, 1.165) is 31.9 Å². The van der Waals surface area contributed by atoms with Crippen molar-refractivity contribution in [1.82, 2.24) is 4.31 Å². The van der Waals surface area contributed by atoms with Crippen molar-refractivity contribution in [3.63, 3.8) is 0 Å². The minimum atomic E-state index is -4.10. The molecule has 1 heterocycles. The van der Waals surface area contributed by atoms with Crippen LogP contribution in [0.4, 0.5) is 4.39 Å². The third-order valence-corrected chi connectivity index (χ3v) is 7.42. The first-order chi connectivity index (χ1) is 11.7. The van der Waals surface area contributed by atoms with Crippen LogP contribution in [0.2, 0.25) is 0 Å². The molecule has 2 fully saturated rings. The zero-order chi connectivity index (χ0) is 18.3. The quantitative estimate of drug-likeness (QED) is 0.604. The number of esters is 1. The number of sulfonamides is 1. The number of cyclic esters (lactones) is 1. The molecule has 138 valence electrons. The third-order valence-electron chi connectivity index (χ3n) is 5.55. The molecule has 1 saturated heterocycles. The maximum atomic E-state index is 15.3. The van der Waals surface area contributed by atoms with Gasteiger partial charge < -0.3 is 4.74 Å². The van der Waals surface area contributed by atoms with Crippen LogP contribution < -0.4 is 0 Å². The van der Waals surface area contributed by atoms with E-state index < -0.39 is 27.4 Å². The standard InChI is InChI=1S/C18H24FNO4S/c1-14-6-8-15(9-7-14)25(22,23)20(2)18(19)13-12-17(16(21)24-18)10-4-3-5-11-17/h6-9H,3-5,10-13H2,1-2H3. The van der Waals surface area contributed by atoms with Gasteiger partial charge in [0.05, 0.1) is 10.3 Å². The predicted octanol–water partition coefficient (Wildman–Crippen LogP) is 3.53. The van der Waals surface area contributed by atoms with Gasteiger partial charge in [0.1, 0.15) is 0 Å². The summed E-state index contributed by atoms with van der Waals surface area (Å²) >= 11 is 0. The van der Waals surface area contributed by atoms with Crippen molar-refractivity contribution in [2.45, 2.75) is 62.7 Å². The predicted molar refractivity (Wildman–Crippen MR) is 90.8 cm³/mol. The highest BCUT2D eigenvalue weighted by atomic mass is 32.2. The van der Waals surface area contributed by atoms with Gasteiger partial charge in [-0.25, -0.2) is 8.42 Å². The van der Waals surface area contributed by atoms with Crippen LogP contribution in [0.5, 0.6) is 0 Å². The zero-order valence-electron chi connectivity index (χ0n) is 14.6. The number of carbonyl (C=O) groups excluding carboxylic acids is 1. The molecule has 5 nitrogen and oxygen atoms in total. The first-order valence-electron chi connectivity index (χ1n) is 8.68. The van der Waals surface area contributed by atoms with Gasteiger partial charge in [0.25, 0.3) is 0 Å². The highest BCUT2D eigenvalue weighted by Gasteiger charge is 2.55. The van der Waals surface area contributed by atoms with Crippen LogP contribution >= 0.6 is 0 Å². The Morgan fingerprint density at radius 1 is 1.04 bits per heavy atom. The Balaban J connectivity index is 1.83. The Bertz CT molecular complexity index is 756. The lowest BCUT2D eigenvalue weighted by atomic mass is 9.70. The second-order valence-corrected chi connectivity index (χ2v) is 9.17. The molecule has 1 atom stereocenters. The van der Waals surface area contributed by atoms with E-state index in [1.807, 2.05) is 6.92 Å². The molecule has 7 heteroatoms. The Hall–Kier alpha value is -1.47. The molecule has 0 radical (unpaired) electrons. The molecule has 2 aliphatic rings. The van der Waals surface area contributed by atoms with Gasteiger partial charge in [-0.2, -0.15) is 4.39 Å². The lowest BCUT2D eigenvalue weighted by Gasteiger charge is -2.45. The average Bonchev–Trinajstić information content (AvgIpc) is 2.59. The molecule has 0 amide bonds. The molecule has 25 heavy (non-hydrogen) atoms. The zero-order valence-corrected chi connectivity index (χ0v) is 15.4. The van der Waals surface area contributed by atoms with Crippen LogP contribution in [0.15, 0.2) is 29.2 Å². The number of hydrogen-bond acceptors (Lipinski definition) is 4. The van der Waals surface area contributed by atoms with Crippen molar-refractivity contribution in [3.8, 4) is 0 Å². The summed E-state index contributed by atoms with van der Waals surface area (Å²) in [5.74, 6) is -3.24. The van der Waals surface area contributed by atoms with Gasteiger partial charge in [0, 0.05) is 13.5 Å². The van der Waals surface area contributed by atoms with E-state index in [2.05, 4.69) is 0 Å². The molecule has 1 spiro atoms. The summed E-state index contributed by atoms with van der Waals surface area (Å²) in [6, 6.07) is 6.15. The SMILES string of the molecule is Cc1ccc(S(=O)(=O)N(C)C2(F)CCC3(CCCCC3)C(=O)O2)cc1. The molecule has 0 bridgehead atoms. The topological polar surface area (TPSA) is 63.7 Å². The summed E-state index contributed by atoms with van der Waals surface area (Å²) in [5, 5.41) is 0. The molecule has 1 saturated carbocycles. The van der Waals surface area contributed by atoms with Gasteiger partial charge in [-0.1, -0.05) is 37.0 Å². The number of alkyl halides is 1. The average molecular weight is 369 g/mol. The van der Waals surface area contributed by atoms with Crippen molar-refractivity contribution < 1.29 is 22.3 Å². The van der Waals surface area contributed by atoms with Gasteiger partial charge >= 0.3 is 11.9 Å². The Morgan fingerprint density at radius 3 is 2.20 bits per heavy atom.